The van der Waals surface area contributed by atoms with Crippen LogP contribution in [-0.2, 0) is 14.4 Å². The fourth-order valence-corrected chi connectivity index (χ4v) is 3.62. The fourth-order valence-electron chi connectivity index (χ4n) is 3.44. The van der Waals surface area contributed by atoms with Gasteiger partial charge in [0.25, 0.3) is 0 Å². The summed E-state index contributed by atoms with van der Waals surface area (Å²) in [6.07, 6.45) is 2.01. The summed E-state index contributed by atoms with van der Waals surface area (Å²) in [5.41, 5.74) is 2.88. The van der Waals surface area contributed by atoms with Gasteiger partial charge in [-0.3, -0.25) is 14.4 Å². The molecule has 2 N–H and O–H groups in total. The van der Waals surface area contributed by atoms with Crippen molar-refractivity contribution in [1.29, 1.82) is 0 Å². The number of rotatable bonds is 5. The Bertz CT molecular complexity index is 987. The summed E-state index contributed by atoms with van der Waals surface area (Å²) in [4.78, 5) is 38.8. The summed E-state index contributed by atoms with van der Waals surface area (Å²) in [6, 6.07) is 12.5. The minimum Gasteiger partial charge on any atom is -0.326 e. The lowest BCUT2D eigenvalue weighted by molar-refractivity contribution is -0.122. The van der Waals surface area contributed by atoms with Gasteiger partial charge in [0.1, 0.15) is 0 Å². The first-order chi connectivity index (χ1) is 13.9. The van der Waals surface area contributed by atoms with E-state index in [1.54, 1.807) is 35.2 Å². The third-order valence-electron chi connectivity index (χ3n) is 5.33. The zero-order valence-corrected chi connectivity index (χ0v) is 16.8. The first kappa shape index (κ1) is 19.5. The van der Waals surface area contributed by atoms with Gasteiger partial charge in [0, 0.05) is 41.0 Å². The molecule has 2 aromatic rings. The lowest BCUT2D eigenvalue weighted by Gasteiger charge is -2.17. The van der Waals surface area contributed by atoms with E-state index in [0.29, 0.717) is 28.6 Å². The van der Waals surface area contributed by atoms with Crippen LogP contribution in [0.1, 0.15) is 24.8 Å². The number of anilines is 3. The van der Waals surface area contributed by atoms with Crippen molar-refractivity contribution < 1.29 is 14.4 Å². The number of aryl methyl sites for hydroxylation is 1. The first-order valence-corrected chi connectivity index (χ1v) is 10.1. The summed E-state index contributed by atoms with van der Waals surface area (Å²) >= 11 is 6.02. The summed E-state index contributed by atoms with van der Waals surface area (Å²) < 4.78 is 0. The Labute approximate surface area is 174 Å². The maximum atomic E-state index is 12.8. The number of halogens is 1. The number of hydrogen-bond donors (Lipinski definition) is 2. The van der Waals surface area contributed by atoms with Gasteiger partial charge in [-0.1, -0.05) is 23.7 Å². The van der Waals surface area contributed by atoms with E-state index in [4.69, 9.17) is 11.6 Å². The zero-order chi connectivity index (χ0) is 20.5. The van der Waals surface area contributed by atoms with Crippen molar-refractivity contribution in [3.63, 3.8) is 0 Å². The second-order valence-corrected chi connectivity index (χ2v) is 8.10. The molecule has 2 fully saturated rings. The van der Waals surface area contributed by atoms with Crippen molar-refractivity contribution in [3.05, 3.63) is 53.1 Å². The van der Waals surface area contributed by atoms with Gasteiger partial charge < -0.3 is 15.5 Å². The van der Waals surface area contributed by atoms with Gasteiger partial charge in [-0.05, 0) is 55.7 Å². The molecule has 1 heterocycles. The lowest BCUT2D eigenvalue weighted by atomic mass is 10.1. The molecule has 0 spiro atoms. The molecule has 1 saturated heterocycles. The van der Waals surface area contributed by atoms with Crippen LogP contribution in [-0.4, -0.2) is 24.3 Å². The minimum absolute atomic E-state index is 0.0182. The topological polar surface area (TPSA) is 78.5 Å². The fraction of sp³-hybridized carbons (Fsp3) is 0.318. The van der Waals surface area contributed by atoms with E-state index in [9.17, 15) is 14.4 Å². The number of hydrogen-bond acceptors (Lipinski definition) is 3. The molecule has 0 bridgehead atoms. The van der Waals surface area contributed by atoms with E-state index < -0.39 is 5.92 Å². The SMILES string of the molecule is Cc1ccc(NC(=O)C2CC2)cc1NC(=O)C1CC(=O)N(c2cccc(Cl)c2)C1. The molecule has 0 aromatic heterocycles. The van der Waals surface area contributed by atoms with Gasteiger partial charge in [0.15, 0.2) is 0 Å². The van der Waals surface area contributed by atoms with Crippen LogP contribution in [0.15, 0.2) is 42.5 Å². The van der Waals surface area contributed by atoms with Gasteiger partial charge in [0.05, 0.1) is 5.92 Å². The number of benzene rings is 2. The summed E-state index contributed by atoms with van der Waals surface area (Å²) in [6.45, 7) is 2.20. The zero-order valence-electron chi connectivity index (χ0n) is 16.1. The monoisotopic (exact) mass is 411 g/mol. The number of amides is 3. The Morgan fingerprint density at radius 2 is 1.79 bits per heavy atom. The smallest absolute Gasteiger partial charge is 0.229 e. The van der Waals surface area contributed by atoms with E-state index in [1.807, 2.05) is 19.1 Å². The maximum Gasteiger partial charge on any atom is 0.229 e. The average molecular weight is 412 g/mol. The number of nitrogens with zero attached hydrogens (tertiary/aromatic N) is 1. The average Bonchev–Trinajstić information content (AvgIpc) is 3.46. The van der Waals surface area contributed by atoms with E-state index in [1.165, 1.54) is 0 Å². The van der Waals surface area contributed by atoms with E-state index >= 15 is 0 Å². The van der Waals surface area contributed by atoms with Gasteiger partial charge >= 0.3 is 0 Å². The van der Waals surface area contributed by atoms with Crippen molar-refractivity contribution in [2.24, 2.45) is 11.8 Å². The number of carbonyl (C=O) groups is 3. The van der Waals surface area contributed by atoms with E-state index in [2.05, 4.69) is 10.6 Å². The van der Waals surface area contributed by atoms with Crippen LogP contribution in [0.2, 0.25) is 5.02 Å². The molecule has 2 aliphatic rings. The summed E-state index contributed by atoms with van der Waals surface area (Å²) in [5, 5.41) is 6.35. The van der Waals surface area contributed by atoms with Crippen LogP contribution >= 0.6 is 11.6 Å². The minimum atomic E-state index is -0.453. The molecule has 1 atom stereocenters. The van der Waals surface area contributed by atoms with E-state index in [0.717, 1.165) is 18.4 Å². The normalized spacial score (nSPS) is 18.6. The molecule has 6 nitrogen and oxygen atoms in total. The van der Waals surface area contributed by atoms with Crippen molar-refractivity contribution in [2.45, 2.75) is 26.2 Å². The molecular formula is C22H22ClN3O3. The molecule has 7 heteroatoms. The predicted octanol–water partition coefficient (Wildman–Crippen LogP) is 3.99. The highest BCUT2D eigenvalue weighted by atomic mass is 35.5. The Kier molecular flexibility index (Phi) is 5.28. The van der Waals surface area contributed by atoms with Crippen molar-refractivity contribution >= 4 is 46.4 Å². The molecule has 1 saturated carbocycles. The second kappa shape index (κ2) is 7.87. The summed E-state index contributed by atoms with van der Waals surface area (Å²) in [7, 11) is 0. The van der Waals surface area contributed by atoms with Crippen LogP contribution in [0, 0.1) is 18.8 Å². The third-order valence-corrected chi connectivity index (χ3v) is 5.56. The van der Waals surface area contributed by atoms with Gasteiger partial charge in [0.2, 0.25) is 17.7 Å². The molecule has 0 radical (unpaired) electrons. The van der Waals surface area contributed by atoms with Crippen molar-refractivity contribution in [1.82, 2.24) is 0 Å². The van der Waals surface area contributed by atoms with Crippen molar-refractivity contribution in [2.75, 3.05) is 22.1 Å². The lowest BCUT2D eigenvalue weighted by Crippen LogP contribution is -2.28. The highest BCUT2D eigenvalue weighted by Gasteiger charge is 2.35. The third kappa shape index (κ3) is 4.43. The molecule has 1 aliphatic heterocycles. The predicted molar refractivity (Wildman–Crippen MR) is 113 cm³/mol. The Hall–Kier alpha value is -2.86. The molecule has 4 rings (SSSR count). The molecule has 2 aromatic carbocycles. The van der Waals surface area contributed by atoms with E-state index in [-0.39, 0.29) is 30.1 Å². The molecule has 1 unspecified atom stereocenters. The molecule has 29 heavy (non-hydrogen) atoms. The van der Waals surface area contributed by atoms with Crippen LogP contribution < -0.4 is 15.5 Å². The molecule has 1 aliphatic carbocycles. The van der Waals surface area contributed by atoms with Crippen molar-refractivity contribution in [3.8, 4) is 0 Å². The van der Waals surface area contributed by atoms with Crippen LogP contribution in [0.3, 0.4) is 0 Å². The van der Waals surface area contributed by atoms with Crippen LogP contribution in [0.25, 0.3) is 0 Å². The second-order valence-electron chi connectivity index (χ2n) is 7.67. The Morgan fingerprint density at radius 1 is 1.03 bits per heavy atom. The highest BCUT2D eigenvalue weighted by molar-refractivity contribution is 6.31. The largest absolute Gasteiger partial charge is 0.326 e. The van der Waals surface area contributed by atoms with Gasteiger partial charge in [-0.15, -0.1) is 0 Å². The Morgan fingerprint density at radius 3 is 2.52 bits per heavy atom. The van der Waals surface area contributed by atoms with Gasteiger partial charge in [-0.2, -0.15) is 0 Å². The highest BCUT2D eigenvalue weighted by Crippen LogP contribution is 2.31. The molecular weight excluding hydrogens is 390 g/mol. The number of carbonyl (C=O) groups excluding carboxylic acids is 3. The summed E-state index contributed by atoms with van der Waals surface area (Å²) in [5.74, 6) is -0.641. The van der Waals surface area contributed by atoms with Gasteiger partial charge in [-0.25, -0.2) is 0 Å². The quantitative estimate of drug-likeness (QED) is 0.780. The first-order valence-electron chi connectivity index (χ1n) is 9.69. The Balaban J connectivity index is 1.44. The number of nitrogens with one attached hydrogen (secondary N) is 2. The standard InChI is InChI=1S/C22H22ClN3O3/c1-13-5-8-17(24-21(28)14-6-7-14)11-19(13)25-22(29)15-9-20(27)26(12-15)18-4-2-3-16(23)10-18/h2-5,8,10-11,14-15H,6-7,9,12H2,1H3,(H,24,28)(H,25,29). The van der Waals surface area contributed by atoms with Crippen LogP contribution in [0.4, 0.5) is 17.1 Å². The molecule has 3 amide bonds. The maximum absolute atomic E-state index is 12.8. The van der Waals surface area contributed by atoms with Crippen LogP contribution in [0.5, 0.6) is 0 Å². The molecule has 150 valence electrons.